The molecule has 2 amide bonds. The molecule has 0 aromatic carbocycles. The molecule has 0 fully saturated rings. The Morgan fingerprint density at radius 3 is 2.86 bits per heavy atom. The molecule has 3 N–H and O–H groups in total. The summed E-state index contributed by atoms with van der Waals surface area (Å²) >= 11 is 1.67. The summed E-state index contributed by atoms with van der Waals surface area (Å²) in [6.07, 6.45) is 1.49. The molecule has 0 saturated carbocycles. The van der Waals surface area contributed by atoms with Crippen molar-refractivity contribution in [3.05, 3.63) is 46.5 Å². The van der Waals surface area contributed by atoms with Gasteiger partial charge in [0.2, 0.25) is 0 Å². The Balaban J connectivity index is 1.75. The van der Waals surface area contributed by atoms with Crippen molar-refractivity contribution in [2.45, 2.75) is 25.4 Å². The van der Waals surface area contributed by atoms with Crippen LogP contribution < -0.4 is 10.6 Å². The SMILES string of the molecule is C[C@H](CNC(=O)NC[C@](C)(O)c1ccco1)c1cccs1. The van der Waals surface area contributed by atoms with Crippen LogP contribution in [0.3, 0.4) is 0 Å². The van der Waals surface area contributed by atoms with Crippen molar-refractivity contribution in [3.8, 4) is 0 Å². The van der Waals surface area contributed by atoms with Crippen molar-refractivity contribution in [2.24, 2.45) is 0 Å². The molecule has 0 unspecified atom stereocenters. The van der Waals surface area contributed by atoms with Gasteiger partial charge in [-0.25, -0.2) is 4.79 Å². The van der Waals surface area contributed by atoms with Crippen LogP contribution in [0.1, 0.15) is 30.4 Å². The zero-order chi connectivity index (χ0) is 15.3. The van der Waals surface area contributed by atoms with Crippen molar-refractivity contribution in [1.82, 2.24) is 10.6 Å². The first-order valence-corrected chi connectivity index (χ1v) is 7.68. The third-order valence-electron chi connectivity index (χ3n) is 3.24. The van der Waals surface area contributed by atoms with Gasteiger partial charge in [0, 0.05) is 17.3 Å². The molecule has 2 aromatic rings. The Morgan fingerprint density at radius 1 is 1.43 bits per heavy atom. The second-order valence-electron chi connectivity index (χ2n) is 5.23. The largest absolute Gasteiger partial charge is 0.466 e. The van der Waals surface area contributed by atoms with E-state index in [4.69, 9.17) is 4.42 Å². The molecule has 0 saturated heterocycles. The molecule has 2 heterocycles. The number of rotatable bonds is 6. The van der Waals surface area contributed by atoms with E-state index >= 15 is 0 Å². The first kappa shape index (κ1) is 15.6. The van der Waals surface area contributed by atoms with Crippen molar-refractivity contribution in [1.29, 1.82) is 0 Å². The van der Waals surface area contributed by atoms with Gasteiger partial charge in [0.25, 0.3) is 0 Å². The zero-order valence-corrected chi connectivity index (χ0v) is 12.9. The van der Waals surface area contributed by atoms with Crippen LogP contribution in [-0.4, -0.2) is 24.2 Å². The number of nitrogens with one attached hydrogen (secondary N) is 2. The van der Waals surface area contributed by atoms with Gasteiger partial charge in [-0.15, -0.1) is 11.3 Å². The van der Waals surface area contributed by atoms with Gasteiger partial charge in [0.15, 0.2) is 0 Å². The molecule has 0 aliphatic carbocycles. The zero-order valence-electron chi connectivity index (χ0n) is 12.1. The Morgan fingerprint density at radius 2 is 2.24 bits per heavy atom. The minimum Gasteiger partial charge on any atom is -0.466 e. The Labute approximate surface area is 128 Å². The van der Waals surface area contributed by atoms with Gasteiger partial charge in [0.1, 0.15) is 11.4 Å². The number of amides is 2. The number of thiophene rings is 1. The first-order chi connectivity index (χ1) is 9.99. The average Bonchev–Trinajstić information content (AvgIpc) is 3.14. The molecule has 21 heavy (non-hydrogen) atoms. The molecule has 114 valence electrons. The first-order valence-electron chi connectivity index (χ1n) is 6.80. The van der Waals surface area contributed by atoms with Crippen molar-refractivity contribution in [3.63, 3.8) is 0 Å². The maximum absolute atomic E-state index is 11.8. The number of aliphatic hydroxyl groups is 1. The number of urea groups is 1. The van der Waals surface area contributed by atoms with Crippen LogP contribution in [0.25, 0.3) is 0 Å². The normalized spacial score (nSPS) is 15.2. The minimum absolute atomic E-state index is 0.0831. The van der Waals surface area contributed by atoms with E-state index in [1.165, 1.54) is 11.1 Å². The highest BCUT2D eigenvalue weighted by molar-refractivity contribution is 7.10. The molecule has 5 nitrogen and oxygen atoms in total. The lowest BCUT2D eigenvalue weighted by molar-refractivity contribution is 0.0367. The number of hydrogen-bond acceptors (Lipinski definition) is 4. The van der Waals surface area contributed by atoms with Crippen LogP contribution >= 0.6 is 11.3 Å². The highest BCUT2D eigenvalue weighted by atomic mass is 32.1. The molecule has 2 rings (SSSR count). The topological polar surface area (TPSA) is 74.5 Å². The average molecular weight is 308 g/mol. The highest BCUT2D eigenvalue weighted by Crippen LogP contribution is 2.20. The predicted octanol–water partition coefficient (Wildman–Crippen LogP) is 2.65. The smallest absolute Gasteiger partial charge is 0.314 e. The fraction of sp³-hybridized carbons (Fsp3) is 0.400. The minimum atomic E-state index is -1.22. The van der Waals surface area contributed by atoms with E-state index in [9.17, 15) is 9.90 Å². The van der Waals surface area contributed by atoms with Crippen molar-refractivity contribution >= 4 is 17.4 Å². The molecule has 0 bridgehead atoms. The number of carbonyl (C=O) groups is 1. The molecule has 0 radical (unpaired) electrons. The summed E-state index contributed by atoms with van der Waals surface area (Å²) < 4.78 is 5.16. The van der Waals surface area contributed by atoms with Crippen LogP contribution in [0.15, 0.2) is 40.3 Å². The summed E-state index contributed by atoms with van der Waals surface area (Å²) in [6.45, 7) is 4.29. The summed E-state index contributed by atoms with van der Waals surface area (Å²) in [5, 5.41) is 17.7. The molecular weight excluding hydrogens is 288 g/mol. The number of furan rings is 1. The Hall–Kier alpha value is -1.79. The molecular formula is C15H20N2O3S. The number of carbonyl (C=O) groups excluding carboxylic acids is 1. The molecule has 0 spiro atoms. The molecule has 2 atom stereocenters. The summed E-state index contributed by atoms with van der Waals surface area (Å²) in [5.74, 6) is 0.691. The lowest BCUT2D eigenvalue weighted by Crippen LogP contribution is -2.44. The van der Waals surface area contributed by atoms with Gasteiger partial charge < -0.3 is 20.2 Å². The van der Waals surface area contributed by atoms with Gasteiger partial charge in [-0.05, 0) is 30.5 Å². The van der Waals surface area contributed by atoms with Gasteiger partial charge in [-0.3, -0.25) is 0 Å². The van der Waals surface area contributed by atoms with Gasteiger partial charge in [0.05, 0.1) is 12.8 Å². The molecule has 0 aliphatic rings. The maximum Gasteiger partial charge on any atom is 0.314 e. The van der Waals surface area contributed by atoms with Crippen LogP contribution in [0.4, 0.5) is 4.79 Å². The lowest BCUT2D eigenvalue weighted by Gasteiger charge is -2.21. The monoisotopic (exact) mass is 308 g/mol. The van der Waals surface area contributed by atoms with E-state index in [1.54, 1.807) is 30.4 Å². The van der Waals surface area contributed by atoms with E-state index in [-0.39, 0.29) is 18.5 Å². The van der Waals surface area contributed by atoms with E-state index in [0.29, 0.717) is 12.3 Å². The van der Waals surface area contributed by atoms with E-state index in [2.05, 4.69) is 23.6 Å². The van der Waals surface area contributed by atoms with Crippen LogP contribution in [-0.2, 0) is 5.60 Å². The molecule has 0 aliphatic heterocycles. The lowest BCUT2D eigenvalue weighted by atomic mass is 10.0. The third kappa shape index (κ3) is 4.34. The van der Waals surface area contributed by atoms with E-state index < -0.39 is 5.60 Å². The second-order valence-corrected chi connectivity index (χ2v) is 6.21. The van der Waals surface area contributed by atoms with Crippen LogP contribution in [0.5, 0.6) is 0 Å². The van der Waals surface area contributed by atoms with Gasteiger partial charge in [-0.1, -0.05) is 13.0 Å². The van der Waals surface area contributed by atoms with Crippen LogP contribution in [0.2, 0.25) is 0 Å². The van der Waals surface area contributed by atoms with Gasteiger partial charge >= 0.3 is 6.03 Å². The molecule has 6 heteroatoms. The van der Waals surface area contributed by atoms with E-state index in [0.717, 1.165) is 0 Å². The maximum atomic E-state index is 11.8. The second kappa shape index (κ2) is 6.78. The predicted molar refractivity (Wildman–Crippen MR) is 82.4 cm³/mol. The molecule has 2 aromatic heterocycles. The third-order valence-corrected chi connectivity index (χ3v) is 4.35. The van der Waals surface area contributed by atoms with Crippen molar-refractivity contribution < 1.29 is 14.3 Å². The van der Waals surface area contributed by atoms with Crippen molar-refractivity contribution in [2.75, 3.05) is 13.1 Å². The Kier molecular flexibility index (Phi) is 5.03. The summed E-state index contributed by atoms with van der Waals surface area (Å²) in [5.41, 5.74) is -1.22. The highest BCUT2D eigenvalue weighted by Gasteiger charge is 2.26. The Bertz CT molecular complexity index is 550. The summed E-state index contributed by atoms with van der Waals surface area (Å²) in [7, 11) is 0. The van der Waals surface area contributed by atoms with Gasteiger partial charge in [-0.2, -0.15) is 0 Å². The summed E-state index contributed by atoms with van der Waals surface area (Å²) in [6, 6.07) is 7.13. The summed E-state index contributed by atoms with van der Waals surface area (Å²) in [4.78, 5) is 13.0. The van der Waals surface area contributed by atoms with Crippen LogP contribution in [0, 0.1) is 0 Å². The quantitative estimate of drug-likeness (QED) is 0.768. The fourth-order valence-electron chi connectivity index (χ4n) is 1.91. The number of hydrogen-bond donors (Lipinski definition) is 3. The van der Waals surface area contributed by atoms with E-state index in [1.807, 2.05) is 11.4 Å². The fourth-order valence-corrected chi connectivity index (χ4v) is 2.69. The standard InChI is InChI=1S/C15H20N2O3S/c1-11(12-5-4-8-21-12)9-16-14(18)17-10-15(2,19)13-6-3-7-20-13/h3-8,11,19H,9-10H2,1-2H3,(H2,16,17,18)/t11-,15+/m1/s1.